The molecule has 0 saturated heterocycles. The van der Waals surface area contributed by atoms with E-state index in [-0.39, 0.29) is 11.9 Å². The molecular weight excluding hydrogens is 224 g/mol. The van der Waals surface area contributed by atoms with E-state index in [0.29, 0.717) is 12.6 Å². The third-order valence-electron chi connectivity index (χ3n) is 3.59. The lowest BCUT2D eigenvalue weighted by Gasteiger charge is -2.16. The number of hydrogen-bond donors (Lipinski definition) is 2. The molecule has 2 N–H and O–H groups in total. The highest BCUT2D eigenvalue weighted by molar-refractivity contribution is 5.78. The highest BCUT2D eigenvalue weighted by atomic mass is 16.1. The Hall–Kier alpha value is -1.35. The fraction of sp³-hybridized carbons (Fsp3) is 0.533. The number of carbonyl (C=O) groups is 1. The summed E-state index contributed by atoms with van der Waals surface area (Å²) in [4.78, 5) is 11.8. The van der Waals surface area contributed by atoms with Crippen LogP contribution in [0.2, 0.25) is 0 Å². The van der Waals surface area contributed by atoms with Gasteiger partial charge in [0, 0.05) is 12.1 Å². The molecule has 1 aromatic rings. The molecular formula is C15H22N2O. The molecule has 0 aliphatic heterocycles. The number of carbonyl (C=O) groups excluding carboxylic acids is 1. The molecule has 1 aliphatic rings. The zero-order chi connectivity index (χ0) is 12.8. The van der Waals surface area contributed by atoms with Crippen molar-refractivity contribution in [3.63, 3.8) is 0 Å². The molecule has 1 saturated carbocycles. The standard InChI is InChI=1S/C15H22N2O/c1-12(13-7-3-2-4-8-13)16-11-15(18)17-14-9-5-6-10-14/h2-4,7-8,12,14,16H,5-6,9-11H2,1H3,(H,17,18). The minimum Gasteiger partial charge on any atom is -0.352 e. The average Bonchev–Trinajstić information content (AvgIpc) is 2.90. The predicted octanol–water partition coefficient (Wildman–Crippen LogP) is 2.40. The van der Waals surface area contributed by atoms with Crippen molar-refractivity contribution < 1.29 is 4.79 Å². The second kappa shape index (κ2) is 6.55. The Morgan fingerprint density at radius 2 is 1.94 bits per heavy atom. The highest BCUT2D eigenvalue weighted by Crippen LogP contribution is 2.17. The molecule has 1 aromatic carbocycles. The first-order valence-electron chi connectivity index (χ1n) is 6.83. The maximum absolute atomic E-state index is 11.8. The van der Waals surface area contributed by atoms with Crippen molar-refractivity contribution in [2.75, 3.05) is 6.54 Å². The van der Waals surface area contributed by atoms with E-state index >= 15 is 0 Å². The maximum atomic E-state index is 11.8. The third kappa shape index (κ3) is 3.84. The van der Waals surface area contributed by atoms with E-state index in [9.17, 15) is 4.79 Å². The lowest BCUT2D eigenvalue weighted by Crippen LogP contribution is -2.39. The summed E-state index contributed by atoms with van der Waals surface area (Å²) in [6.07, 6.45) is 4.78. The molecule has 98 valence electrons. The topological polar surface area (TPSA) is 41.1 Å². The molecule has 0 bridgehead atoms. The second-order valence-electron chi connectivity index (χ2n) is 5.06. The number of rotatable bonds is 5. The van der Waals surface area contributed by atoms with Crippen LogP contribution >= 0.6 is 0 Å². The summed E-state index contributed by atoms with van der Waals surface area (Å²) in [6.45, 7) is 2.48. The molecule has 0 radical (unpaired) electrons. The fourth-order valence-electron chi connectivity index (χ4n) is 2.45. The van der Waals surface area contributed by atoms with E-state index in [1.54, 1.807) is 0 Å². The van der Waals surface area contributed by atoms with Crippen molar-refractivity contribution in [3.05, 3.63) is 35.9 Å². The summed E-state index contributed by atoms with van der Waals surface area (Å²) in [5.41, 5.74) is 1.21. The van der Waals surface area contributed by atoms with Gasteiger partial charge in [0.2, 0.25) is 5.91 Å². The zero-order valence-corrected chi connectivity index (χ0v) is 11.0. The van der Waals surface area contributed by atoms with Gasteiger partial charge in [-0.2, -0.15) is 0 Å². The molecule has 1 atom stereocenters. The third-order valence-corrected chi connectivity index (χ3v) is 3.59. The second-order valence-corrected chi connectivity index (χ2v) is 5.06. The summed E-state index contributed by atoms with van der Waals surface area (Å²) in [5, 5.41) is 6.34. The van der Waals surface area contributed by atoms with Crippen molar-refractivity contribution in [2.45, 2.75) is 44.7 Å². The molecule has 1 unspecified atom stereocenters. The summed E-state index contributed by atoms with van der Waals surface area (Å²) in [5.74, 6) is 0.115. The van der Waals surface area contributed by atoms with Gasteiger partial charge in [0.25, 0.3) is 0 Å². The van der Waals surface area contributed by atoms with Gasteiger partial charge < -0.3 is 10.6 Å². The minimum absolute atomic E-state index is 0.115. The first-order chi connectivity index (χ1) is 8.75. The molecule has 1 amide bonds. The zero-order valence-electron chi connectivity index (χ0n) is 11.0. The molecule has 3 heteroatoms. The Labute approximate surface area is 109 Å². The Bertz CT molecular complexity index is 371. The first-order valence-corrected chi connectivity index (χ1v) is 6.83. The van der Waals surface area contributed by atoms with E-state index in [2.05, 4.69) is 29.7 Å². The number of nitrogens with one attached hydrogen (secondary N) is 2. The van der Waals surface area contributed by atoms with Crippen LogP contribution in [0.3, 0.4) is 0 Å². The molecule has 0 aromatic heterocycles. The summed E-state index contributed by atoms with van der Waals surface area (Å²) >= 11 is 0. The molecule has 2 rings (SSSR count). The average molecular weight is 246 g/mol. The van der Waals surface area contributed by atoms with Gasteiger partial charge >= 0.3 is 0 Å². The SMILES string of the molecule is CC(NCC(=O)NC1CCCC1)c1ccccc1. The van der Waals surface area contributed by atoms with Crippen LogP contribution in [0.1, 0.15) is 44.2 Å². The Morgan fingerprint density at radius 1 is 1.28 bits per heavy atom. The molecule has 0 heterocycles. The van der Waals surface area contributed by atoms with Crippen molar-refractivity contribution >= 4 is 5.91 Å². The molecule has 0 spiro atoms. The van der Waals surface area contributed by atoms with Crippen LogP contribution in [-0.2, 0) is 4.79 Å². The van der Waals surface area contributed by atoms with Gasteiger partial charge in [0.05, 0.1) is 6.54 Å². The minimum atomic E-state index is 0.115. The van der Waals surface area contributed by atoms with E-state index in [1.807, 2.05) is 18.2 Å². The van der Waals surface area contributed by atoms with Crippen LogP contribution < -0.4 is 10.6 Å². The lowest BCUT2D eigenvalue weighted by molar-refractivity contribution is -0.121. The van der Waals surface area contributed by atoms with E-state index in [1.165, 1.54) is 18.4 Å². The predicted molar refractivity (Wildman–Crippen MR) is 73.3 cm³/mol. The van der Waals surface area contributed by atoms with Crippen molar-refractivity contribution in [3.8, 4) is 0 Å². The molecule has 1 fully saturated rings. The summed E-state index contributed by atoms with van der Waals surface area (Å²) in [6, 6.07) is 10.8. The molecule has 1 aliphatic carbocycles. The van der Waals surface area contributed by atoms with Gasteiger partial charge in [-0.1, -0.05) is 43.2 Å². The largest absolute Gasteiger partial charge is 0.352 e. The Kier molecular flexibility index (Phi) is 4.76. The number of benzene rings is 1. The number of amides is 1. The monoisotopic (exact) mass is 246 g/mol. The van der Waals surface area contributed by atoms with E-state index in [4.69, 9.17) is 0 Å². The summed E-state index contributed by atoms with van der Waals surface area (Å²) in [7, 11) is 0. The van der Waals surface area contributed by atoms with Crippen molar-refractivity contribution in [1.82, 2.24) is 10.6 Å². The normalized spacial score (nSPS) is 17.6. The van der Waals surface area contributed by atoms with Gasteiger partial charge in [-0.15, -0.1) is 0 Å². The van der Waals surface area contributed by atoms with Gasteiger partial charge in [0.1, 0.15) is 0 Å². The van der Waals surface area contributed by atoms with Crippen LogP contribution in [0, 0.1) is 0 Å². The van der Waals surface area contributed by atoms with Crippen LogP contribution in [0.4, 0.5) is 0 Å². The van der Waals surface area contributed by atoms with Crippen LogP contribution in [0.5, 0.6) is 0 Å². The van der Waals surface area contributed by atoms with Crippen LogP contribution in [0.25, 0.3) is 0 Å². The van der Waals surface area contributed by atoms with Gasteiger partial charge in [-0.25, -0.2) is 0 Å². The quantitative estimate of drug-likeness (QED) is 0.837. The van der Waals surface area contributed by atoms with Gasteiger partial charge in [-0.3, -0.25) is 4.79 Å². The van der Waals surface area contributed by atoms with E-state index in [0.717, 1.165) is 12.8 Å². The van der Waals surface area contributed by atoms with Crippen LogP contribution in [0.15, 0.2) is 30.3 Å². The fourth-order valence-corrected chi connectivity index (χ4v) is 2.45. The number of hydrogen-bond acceptors (Lipinski definition) is 2. The van der Waals surface area contributed by atoms with Crippen LogP contribution in [-0.4, -0.2) is 18.5 Å². The van der Waals surface area contributed by atoms with Crippen molar-refractivity contribution in [1.29, 1.82) is 0 Å². The van der Waals surface area contributed by atoms with Gasteiger partial charge in [-0.05, 0) is 25.3 Å². The first kappa shape index (κ1) is 13.1. The summed E-state index contributed by atoms with van der Waals surface area (Å²) < 4.78 is 0. The van der Waals surface area contributed by atoms with Gasteiger partial charge in [0.15, 0.2) is 0 Å². The Balaban J connectivity index is 1.72. The molecule has 18 heavy (non-hydrogen) atoms. The van der Waals surface area contributed by atoms with Crippen molar-refractivity contribution in [2.24, 2.45) is 0 Å². The smallest absolute Gasteiger partial charge is 0.234 e. The lowest BCUT2D eigenvalue weighted by atomic mass is 10.1. The Morgan fingerprint density at radius 3 is 2.61 bits per heavy atom. The highest BCUT2D eigenvalue weighted by Gasteiger charge is 2.17. The maximum Gasteiger partial charge on any atom is 0.234 e. The molecule has 3 nitrogen and oxygen atoms in total. The van der Waals surface area contributed by atoms with E-state index < -0.39 is 0 Å².